The Morgan fingerprint density at radius 3 is 2.74 bits per heavy atom. The number of hydrogen-bond acceptors (Lipinski definition) is 2. The van der Waals surface area contributed by atoms with E-state index in [-0.39, 0.29) is 5.91 Å². The Bertz CT molecular complexity index is 588. The highest BCUT2D eigenvalue weighted by atomic mass is 16.5. The Labute approximate surface area is 113 Å². The molecule has 0 aliphatic carbocycles. The third-order valence-corrected chi connectivity index (χ3v) is 3.24. The summed E-state index contributed by atoms with van der Waals surface area (Å²) in [5.74, 6) is 0.583. The molecule has 1 aromatic carbocycles. The van der Waals surface area contributed by atoms with E-state index in [0.29, 0.717) is 17.9 Å². The van der Waals surface area contributed by atoms with Crippen molar-refractivity contribution in [3.63, 3.8) is 0 Å². The van der Waals surface area contributed by atoms with Crippen LogP contribution in [0.25, 0.3) is 0 Å². The zero-order valence-electron chi connectivity index (χ0n) is 11.4. The SMILES string of the molecule is COc1cccc(C(=O)NCc2ccc(C)n2C)c1. The molecule has 0 radical (unpaired) electrons. The van der Waals surface area contributed by atoms with E-state index in [1.807, 2.05) is 32.2 Å². The highest BCUT2D eigenvalue weighted by molar-refractivity contribution is 5.94. The first kappa shape index (κ1) is 13.2. The van der Waals surface area contributed by atoms with Crippen LogP contribution in [0.15, 0.2) is 36.4 Å². The molecule has 0 aliphatic rings. The number of aromatic nitrogens is 1. The summed E-state index contributed by atoms with van der Waals surface area (Å²) in [4.78, 5) is 12.0. The highest BCUT2D eigenvalue weighted by Crippen LogP contribution is 2.12. The fourth-order valence-corrected chi connectivity index (χ4v) is 1.88. The van der Waals surface area contributed by atoms with Crippen molar-refractivity contribution in [2.24, 2.45) is 7.05 Å². The van der Waals surface area contributed by atoms with Crippen LogP contribution >= 0.6 is 0 Å². The predicted molar refractivity (Wildman–Crippen MR) is 74.3 cm³/mol. The van der Waals surface area contributed by atoms with E-state index in [9.17, 15) is 4.79 Å². The number of ether oxygens (including phenoxy) is 1. The van der Waals surface area contributed by atoms with E-state index < -0.39 is 0 Å². The van der Waals surface area contributed by atoms with Gasteiger partial charge in [0, 0.05) is 24.0 Å². The van der Waals surface area contributed by atoms with Crippen LogP contribution in [0, 0.1) is 6.92 Å². The average Bonchev–Trinajstić information content (AvgIpc) is 2.76. The molecule has 0 unspecified atom stereocenters. The molecule has 0 aliphatic heterocycles. The first-order valence-corrected chi connectivity index (χ1v) is 6.15. The monoisotopic (exact) mass is 258 g/mol. The fraction of sp³-hybridized carbons (Fsp3) is 0.267. The number of methoxy groups -OCH3 is 1. The maximum atomic E-state index is 12.0. The molecule has 1 aromatic heterocycles. The van der Waals surface area contributed by atoms with Crippen LogP contribution in [-0.2, 0) is 13.6 Å². The Hall–Kier alpha value is -2.23. The number of nitrogens with zero attached hydrogens (tertiary/aromatic N) is 1. The van der Waals surface area contributed by atoms with E-state index in [4.69, 9.17) is 4.74 Å². The van der Waals surface area contributed by atoms with Gasteiger partial charge in [0.15, 0.2) is 0 Å². The molecule has 4 nitrogen and oxygen atoms in total. The Kier molecular flexibility index (Phi) is 3.90. The van der Waals surface area contributed by atoms with Crippen LogP contribution in [-0.4, -0.2) is 17.6 Å². The van der Waals surface area contributed by atoms with Gasteiger partial charge in [-0.1, -0.05) is 6.07 Å². The third kappa shape index (κ3) is 2.96. The van der Waals surface area contributed by atoms with Crippen LogP contribution < -0.4 is 10.1 Å². The summed E-state index contributed by atoms with van der Waals surface area (Å²) in [5.41, 5.74) is 2.85. The fourth-order valence-electron chi connectivity index (χ4n) is 1.88. The van der Waals surface area contributed by atoms with E-state index in [2.05, 4.69) is 9.88 Å². The lowest BCUT2D eigenvalue weighted by atomic mass is 10.2. The smallest absolute Gasteiger partial charge is 0.251 e. The first-order chi connectivity index (χ1) is 9.11. The number of nitrogens with one attached hydrogen (secondary N) is 1. The van der Waals surface area contributed by atoms with Crippen molar-refractivity contribution in [2.75, 3.05) is 7.11 Å². The number of aryl methyl sites for hydroxylation is 1. The van der Waals surface area contributed by atoms with Crippen LogP contribution in [0.3, 0.4) is 0 Å². The maximum absolute atomic E-state index is 12.0. The van der Waals surface area contributed by atoms with Gasteiger partial charge in [0.25, 0.3) is 5.91 Å². The van der Waals surface area contributed by atoms with Crippen molar-refractivity contribution in [2.45, 2.75) is 13.5 Å². The third-order valence-electron chi connectivity index (χ3n) is 3.24. The number of carbonyl (C=O) groups is 1. The van der Waals surface area contributed by atoms with Crippen LogP contribution in [0.5, 0.6) is 5.75 Å². The molecule has 0 atom stereocenters. The Balaban J connectivity index is 2.03. The molecular weight excluding hydrogens is 240 g/mol. The van der Waals surface area contributed by atoms with Gasteiger partial charge in [-0.05, 0) is 37.3 Å². The molecule has 0 saturated heterocycles. The summed E-state index contributed by atoms with van der Waals surface area (Å²) in [5, 5.41) is 2.91. The van der Waals surface area contributed by atoms with Crippen LogP contribution in [0.1, 0.15) is 21.7 Å². The zero-order valence-corrected chi connectivity index (χ0v) is 11.4. The molecule has 19 heavy (non-hydrogen) atoms. The molecular formula is C15H18N2O2. The van der Waals surface area contributed by atoms with Gasteiger partial charge in [-0.2, -0.15) is 0 Å². The van der Waals surface area contributed by atoms with Crippen molar-refractivity contribution < 1.29 is 9.53 Å². The minimum absolute atomic E-state index is 0.0993. The molecule has 2 rings (SSSR count). The molecule has 4 heteroatoms. The van der Waals surface area contributed by atoms with E-state index in [0.717, 1.165) is 5.69 Å². The lowest BCUT2D eigenvalue weighted by Crippen LogP contribution is -2.24. The van der Waals surface area contributed by atoms with Crippen molar-refractivity contribution in [3.8, 4) is 5.75 Å². The molecule has 0 spiro atoms. The second kappa shape index (κ2) is 5.61. The van der Waals surface area contributed by atoms with Gasteiger partial charge >= 0.3 is 0 Å². The van der Waals surface area contributed by atoms with Gasteiger partial charge in [-0.3, -0.25) is 4.79 Å². The van der Waals surface area contributed by atoms with Gasteiger partial charge in [0.05, 0.1) is 13.7 Å². The second-order valence-corrected chi connectivity index (χ2v) is 4.44. The minimum atomic E-state index is -0.0993. The number of hydrogen-bond donors (Lipinski definition) is 1. The summed E-state index contributed by atoms with van der Waals surface area (Å²) in [6.07, 6.45) is 0. The Morgan fingerprint density at radius 1 is 1.32 bits per heavy atom. The number of amides is 1. The summed E-state index contributed by atoms with van der Waals surface area (Å²) < 4.78 is 7.17. The van der Waals surface area contributed by atoms with Crippen molar-refractivity contribution in [1.29, 1.82) is 0 Å². The maximum Gasteiger partial charge on any atom is 0.251 e. The van der Waals surface area contributed by atoms with Gasteiger partial charge in [-0.15, -0.1) is 0 Å². The molecule has 1 N–H and O–H groups in total. The van der Waals surface area contributed by atoms with Crippen molar-refractivity contribution in [1.82, 2.24) is 9.88 Å². The lowest BCUT2D eigenvalue weighted by Gasteiger charge is -2.08. The van der Waals surface area contributed by atoms with E-state index in [1.54, 1.807) is 25.3 Å². The zero-order chi connectivity index (χ0) is 13.8. The second-order valence-electron chi connectivity index (χ2n) is 4.44. The standard InChI is InChI=1S/C15H18N2O2/c1-11-7-8-13(17(11)2)10-16-15(18)12-5-4-6-14(9-12)19-3/h4-9H,10H2,1-3H3,(H,16,18). The first-order valence-electron chi connectivity index (χ1n) is 6.15. The van der Waals surface area contributed by atoms with E-state index >= 15 is 0 Å². The molecule has 1 amide bonds. The molecule has 2 aromatic rings. The minimum Gasteiger partial charge on any atom is -0.497 e. The summed E-state index contributed by atoms with van der Waals surface area (Å²) in [6, 6.07) is 11.2. The molecule has 0 saturated carbocycles. The van der Waals surface area contributed by atoms with Crippen LogP contribution in [0.4, 0.5) is 0 Å². The van der Waals surface area contributed by atoms with Crippen molar-refractivity contribution in [3.05, 3.63) is 53.3 Å². The highest BCUT2D eigenvalue weighted by Gasteiger charge is 2.07. The van der Waals surface area contributed by atoms with Gasteiger partial charge in [-0.25, -0.2) is 0 Å². The normalized spacial score (nSPS) is 10.3. The number of carbonyl (C=O) groups excluding carboxylic acids is 1. The summed E-state index contributed by atoms with van der Waals surface area (Å²) in [6.45, 7) is 2.55. The molecule has 1 heterocycles. The number of benzene rings is 1. The summed E-state index contributed by atoms with van der Waals surface area (Å²) in [7, 11) is 3.58. The van der Waals surface area contributed by atoms with Crippen molar-refractivity contribution >= 4 is 5.91 Å². The van der Waals surface area contributed by atoms with E-state index in [1.165, 1.54) is 5.69 Å². The topological polar surface area (TPSA) is 43.3 Å². The molecule has 0 bridgehead atoms. The van der Waals surface area contributed by atoms with Gasteiger partial charge in [0.1, 0.15) is 5.75 Å². The average molecular weight is 258 g/mol. The molecule has 0 fully saturated rings. The predicted octanol–water partition coefficient (Wildman–Crippen LogP) is 2.27. The van der Waals surface area contributed by atoms with Gasteiger partial charge in [0.2, 0.25) is 0 Å². The Morgan fingerprint density at radius 2 is 2.11 bits per heavy atom. The quantitative estimate of drug-likeness (QED) is 0.914. The number of rotatable bonds is 4. The largest absolute Gasteiger partial charge is 0.497 e. The summed E-state index contributed by atoms with van der Waals surface area (Å²) >= 11 is 0. The van der Waals surface area contributed by atoms with Gasteiger partial charge < -0.3 is 14.6 Å². The molecule has 100 valence electrons. The lowest BCUT2D eigenvalue weighted by molar-refractivity contribution is 0.0950. The van der Waals surface area contributed by atoms with Crippen LogP contribution in [0.2, 0.25) is 0 Å².